The van der Waals surface area contributed by atoms with Gasteiger partial charge in [-0.25, -0.2) is 0 Å². The van der Waals surface area contributed by atoms with Gasteiger partial charge in [0.25, 0.3) is 11.6 Å². The van der Waals surface area contributed by atoms with Gasteiger partial charge in [0.2, 0.25) is 0 Å². The van der Waals surface area contributed by atoms with E-state index in [-0.39, 0.29) is 18.2 Å². The Morgan fingerprint density at radius 3 is 2.46 bits per heavy atom. The molecule has 1 aliphatic rings. The highest BCUT2D eigenvalue weighted by molar-refractivity contribution is 6.37. The van der Waals surface area contributed by atoms with Gasteiger partial charge in [-0.1, -0.05) is 49.4 Å². The standard InChI is InChI=1S/C27H28N4O4/c1-2-30(16-17-32)15-14-19-8-10-21(11-9-19)28-26(20-6-4-3-5-7-20)25-23-18-22(31(34)35)12-13-24(23)29-27(25)33/h3-13,18,28,32H,2,14-17H2,1H3,(H,29,33)/b26-25-. The molecule has 3 aromatic carbocycles. The Bertz CT molecular complexity index is 1240. The van der Waals surface area contributed by atoms with Crippen molar-refractivity contribution in [3.05, 3.63) is 99.6 Å². The first kappa shape index (κ1) is 24.1. The van der Waals surface area contributed by atoms with E-state index in [1.807, 2.05) is 54.6 Å². The van der Waals surface area contributed by atoms with Gasteiger partial charge in [-0.15, -0.1) is 0 Å². The number of rotatable bonds is 10. The molecule has 0 aromatic heterocycles. The summed E-state index contributed by atoms with van der Waals surface area (Å²) in [6.45, 7) is 4.63. The van der Waals surface area contributed by atoms with Crippen molar-refractivity contribution in [1.29, 1.82) is 0 Å². The molecular formula is C27H28N4O4. The lowest BCUT2D eigenvalue weighted by Crippen LogP contribution is -2.28. The maximum absolute atomic E-state index is 13.0. The van der Waals surface area contributed by atoms with Crippen LogP contribution >= 0.6 is 0 Å². The third-order valence-electron chi connectivity index (χ3n) is 6.07. The normalized spacial score (nSPS) is 14.0. The van der Waals surface area contributed by atoms with Crippen LogP contribution in [0.25, 0.3) is 11.3 Å². The van der Waals surface area contributed by atoms with E-state index in [0.29, 0.717) is 29.1 Å². The second kappa shape index (κ2) is 10.9. The topological polar surface area (TPSA) is 108 Å². The number of aliphatic hydroxyl groups is 1. The molecule has 0 bridgehead atoms. The number of fused-ring (bicyclic) bond motifs is 1. The summed E-state index contributed by atoms with van der Waals surface area (Å²) in [6.07, 6.45) is 0.861. The molecule has 1 aliphatic heterocycles. The summed E-state index contributed by atoms with van der Waals surface area (Å²) in [7, 11) is 0. The number of nitro groups is 1. The van der Waals surface area contributed by atoms with E-state index in [4.69, 9.17) is 0 Å². The number of hydrogen-bond acceptors (Lipinski definition) is 6. The summed E-state index contributed by atoms with van der Waals surface area (Å²) < 4.78 is 0. The number of carbonyl (C=O) groups excluding carboxylic acids is 1. The van der Waals surface area contributed by atoms with Gasteiger partial charge in [0.15, 0.2) is 0 Å². The second-order valence-corrected chi connectivity index (χ2v) is 8.29. The number of anilines is 2. The largest absolute Gasteiger partial charge is 0.395 e. The van der Waals surface area contributed by atoms with Gasteiger partial charge >= 0.3 is 0 Å². The zero-order valence-corrected chi connectivity index (χ0v) is 19.5. The first-order valence-corrected chi connectivity index (χ1v) is 11.6. The van der Waals surface area contributed by atoms with Crippen molar-refractivity contribution in [3.63, 3.8) is 0 Å². The van der Waals surface area contributed by atoms with Crippen LogP contribution in [0.2, 0.25) is 0 Å². The summed E-state index contributed by atoms with van der Waals surface area (Å²) in [4.78, 5) is 26.1. The van der Waals surface area contributed by atoms with Gasteiger partial charge in [-0.05, 0) is 42.3 Å². The highest BCUT2D eigenvalue weighted by Crippen LogP contribution is 2.39. The highest BCUT2D eigenvalue weighted by Gasteiger charge is 2.30. The summed E-state index contributed by atoms with van der Waals surface area (Å²) in [5.41, 5.74) is 4.67. The Hall–Kier alpha value is -4.01. The van der Waals surface area contributed by atoms with Crippen LogP contribution in [0.15, 0.2) is 72.8 Å². The van der Waals surface area contributed by atoms with Crippen LogP contribution in [0.1, 0.15) is 23.6 Å². The van der Waals surface area contributed by atoms with Crippen LogP contribution in [0.5, 0.6) is 0 Å². The van der Waals surface area contributed by atoms with Crippen LogP contribution in [-0.4, -0.2) is 47.1 Å². The molecule has 8 heteroatoms. The van der Waals surface area contributed by atoms with Gasteiger partial charge in [-0.3, -0.25) is 14.9 Å². The average molecular weight is 473 g/mol. The van der Waals surface area contributed by atoms with Crippen molar-refractivity contribution in [2.45, 2.75) is 13.3 Å². The fourth-order valence-corrected chi connectivity index (χ4v) is 4.16. The molecule has 180 valence electrons. The second-order valence-electron chi connectivity index (χ2n) is 8.29. The van der Waals surface area contributed by atoms with Gasteiger partial charge in [0.1, 0.15) is 0 Å². The van der Waals surface area contributed by atoms with Crippen LogP contribution in [0, 0.1) is 10.1 Å². The van der Waals surface area contributed by atoms with Gasteiger partial charge in [-0.2, -0.15) is 0 Å². The molecule has 0 saturated heterocycles. The molecule has 3 N–H and O–H groups in total. The number of amides is 1. The zero-order valence-electron chi connectivity index (χ0n) is 19.5. The quantitative estimate of drug-likeness (QED) is 0.230. The zero-order chi connectivity index (χ0) is 24.8. The Kier molecular flexibility index (Phi) is 7.54. The van der Waals surface area contributed by atoms with Crippen LogP contribution < -0.4 is 10.6 Å². The molecule has 0 atom stereocenters. The third-order valence-corrected chi connectivity index (χ3v) is 6.07. The van der Waals surface area contributed by atoms with Crippen LogP contribution in [0.3, 0.4) is 0 Å². The van der Waals surface area contributed by atoms with E-state index in [9.17, 15) is 20.0 Å². The first-order chi connectivity index (χ1) is 17.0. The van der Waals surface area contributed by atoms with Crippen molar-refractivity contribution in [2.75, 3.05) is 36.9 Å². The molecule has 3 aromatic rings. The van der Waals surface area contributed by atoms with E-state index in [2.05, 4.69) is 22.5 Å². The van der Waals surface area contributed by atoms with Crippen molar-refractivity contribution in [2.24, 2.45) is 0 Å². The number of hydrogen-bond donors (Lipinski definition) is 3. The predicted octanol–water partition coefficient (Wildman–Crippen LogP) is 4.38. The molecule has 4 rings (SSSR count). The lowest BCUT2D eigenvalue weighted by atomic mass is 9.99. The fourth-order valence-electron chi connectivity index (χ4n) is 4.16. The minimum absolute atomic E-state index is 0.0724. The molecule has 0 saturated carbocycles. The van der Waals surface area contributed by atoms with Crippen molar-refractivity contribution in [3.8, 4) is 0 Å². The fraction of sp³-hybridized carbons (Fsp3) is 0.222. The minimum Gasteiger partial charge on any atom is -0.395 e. The Labute approximate surface area is 204 Å². The molecule has 0 unspecified atom stereocenters. The van der Waals surface area contributed by atoms with Crippen molar-refractivity contribution < 1.29 is 14.8 Å². The lowest BCUT2D eigenvalue weighted by molar-refractivity contribution is -0.384. The van der Waals surface area contributed by atoms with Gasteiger partial charge < -0.3 is 20.6 Å². The number of benzene rings is 3. The van der Waals surface area contributed by atoms with E-state index in [1.54, 1.807) is 6.07 Å². The maximum atomic E-state index is 13.0. The summed E-state index contributed by atoms with van der Waals surface area (Å²) in [6, 6.07) is 21.8. The first-order valence-electron chi connectivity index (χ1n) is 11.6. The number of carbonyl (C=O) groups is 1. The van der Waals surface area contributed by atoms with E-state index >= 15 is 0 Å². The molecule has 0 aliphatic carbocycles. The lowest BCUT2D eigenvalue weighted by Gasteiger charge is -2.19. The molecule has 1 heterocycles. The molecule has 0 spiro atoms. The Morgan fingerprint density at radius 2 is 1.80 bits per heavy atom. The third kappa shape index (κ3) is 5.56. The highest BCUT2D eigenvalue weighted by atomic mass is 16.6. The van der Waals surface area contributed by atoms with Crippen molar-refractivity contribution in [1.82, 2.24) is 4.90 Å². The van der Waals surface area contributed by atoms with Gasteiger partial charge in [0, 0.05) is 42.2 Å². The Balaban J connectivity index is 1.66. The average Bonchev–Trinajstić information content (AvgIpc) is 3.21. The number of nitrogens with zero attached hydrogens (tertiary/aromatic N) is 2. The van der Waals surface area contributed by atoms with E-state index in [0.717, 1.165) is 30.8 Å². The minimum atomic E-state index is -0.463. The number of nitro benzene ring substituents is 1. The summed E-state index contributed by atoms with van der Waals surface area (Å²) in [5, 5.41) is 26.7. The molecular weight excluding hydrogens is 444 g/mol. The van der Waals surface area contributed by atoms with Gasteiger partial charge in [0.05, 0.1) is 22.8 Å². The van der Waals surface area contributed by atoms with E-state index < -0.39 is 4.92 Å². The SMILES string of the molecule is CCN(CCO)CCc1ccc(N/C(=C2\C(=O)Nc3ccc([N+](=O)[O-])cc32)c2ccccc2)cc1. The van der Waals surface area contributed by atoms with E-state index in [1.165, 1.54) is 17.7 Å². The van der Waals surface area contributed by atoms with Crippen LogP contribution in [0.4, 0.5) is 17.1 Å². The summed E-state index contributed by atoms with van der Waals surface area (Å²) >= 11 is 0. The maximum Gasteiger partial charge on any atom is 0.270 e. The molecule has 1 amide bonds. The monoisotopic (exact) mass is 472 g/mol. The molecule has 35 heavy (non-hydrogen) atoms. The van der Waals surface area contributed by atoms with Crippen molar-refractivity contribution >= 4 is 34.2 Å². The van der Waals surface area contributed by atoms with Crippen LogP contribution in [-0.2, 0) is 11.2 Å². The number of non-ortho nitro benzene ring substituents is 1. The number of nitrogens with one attached hydrogen (secondary N) is 2. The number of aliphatic hydroxyl groups excluding tert-OH is 1. The Morgan fingerprint density at radius 1 is 1.06 bits per heavy atom. The molecule has 8 nitrogen and oxygen atoms in total. The molecule has 0 fully saturated rings. The predicted molar refractivity (Wildman–Crippen MR) is 138 cm³/mol. The smallest absolute Gasteiger partial charge is 0.270 e. The number of likely N-dealkylation sites (N-methyl/N-ethyl adjacent to an activating group) is 1. The summed E-state index contributed by atoms with van der Waals surface area (Å²) in [5.74, 6) is -0.313. The molecule has 0 radical (unpaired) electrons.